The summed E-state index contributed by atoms with van der Waals surface area (Å²) in [4.78, 5) is 22.6. The van der Waals surface area contributed by atoms with E-state index in [1.807, 2.05) is 0 Å². The predicted molar refractivity (Wildman–Crippen MR) is 102 cm³/mol. The van der Waals surface area contributed by atoms with Crippen LogP contribution in [0.4, 0.5) is 19.5 Å². The van der Waals surface area contributed by atoms with Crippen LogP contribution in [0.5, 0.6) is 0 Å². The van der Waals surface area contributed by atoms with Crippen molar-refractivity contribution in [3.63, 3.8) is 0 Å². The van der Waals surface area contributed by atoms with Crippen LogP contribution in [0.25, 0.3) is 10.4 Å². The lowest BCUT2D eigenvalue weighted by Gasteiger charge is -2.08. The van der Waals surface area contributed by atoms with Crippen molar-refractivity contribution in [2.75, 3.05) is 5.32 Å². The summed E-state index contributed by atoms with van der Waals surface area (Å²) in [5.41, 5.74) is 0.797. The maximum Gasteiger partial charge on any atom is 0.338 e. The van der Waals surface area contributed by atoms with Crippen molar-refractivity contribution in [3.05, 3.63) is 80.9 Å². The molecule has 0 saturated carbocycles. The van der Waals surface area contributed by atoms with Crippen molar-refractivity contribution in [1.29, 1.82) is 0 Å². The largest absolute Gasteiger partial charge is 0.478 e. The first kappa shape index (κ1) is 19.4. The highest BCUT2D eigenvalue weighted by atomic mass is 32.1. The number of hydrogen-bond acceptors (Lipinski definition) is 5. The van der Waals surface area contributed by atoms with Gasteiger partial charge < -0.3 is 10.4 Å². The van der Waals surface area contributed by atoms with E-state index < -0.39 is 22.5 Å². The number of hydrogen-bond donors (Lipinski definition) is 2. The molecular weight excluding hydrogens is 390 g/mol. The molecule has 144 valence electrons. The van der Waals surface area contributed by atoms with Gasteiger partial charge in [-0.15, -0.1) is 11.3 Å². The molecule has 0 spiro atoms. The number of nitro benzene ring substituents is 1. The fourth-order valence-electron chi connectivity index (χ4n) is 2.78. The molecule has 2 aromatic carbocycles. The van der Waals surface area contributed by atoms with Gasteiger partial charge in [-0.1, -0.05) is 6.07 Å². The number of anilines is 1. The molecule has 3 rings (SSSR count). The van der Waals surface area contributed by atoms with Crippen LogP contribution in [-0.4, -0.2) is 16.0 Å². The fraction of sp³-hybridized carbons (Fsp3) is 0.105. The molecule has 0 fully saturated rings. The molecule has 28 heavy (non-hydrogen) atoms. The molecule has 0 bridgehead atoms. The van der Waals surface area contributed by atoms with E-state index in [-0.39, 0.29) is 28.4 Å². The number of aromatic carboxylic acids is 1. The highest BCUT2D eigenvalue weighted by molar-refractivity contribution is 7.20. The molecule has 0 saturated heterocycles. The Morgan fingerprint density at radius 1 is 1.18 bits per heavy atom. The van der Waals surface area contributed by atoms with Crippen LogP contribution in [0.2, 0.25) is 0 Å². The summed E-state index contributed by atoms with van der Waals surface area (Å²) in [6.07, 6.45) is 0. The van der Waals surface area contributed by atoms with Crippen molar-refractivity contribution in [2.45, 2.75) is 13.5 Å². The summed E-state index contributed by atoms with van der Waals surface area (Å²) in [6, 6.07) is 9.22. The second-order valence-corrected chi connectivity index (χ2v) is 6.94. The minimum absolute atomic E-state index is 0.00454. The molecule has 0 aliphatic heterocycles. The number of thiophene rings is 1. The van der Waals surface area contributed by atoms with E-state index in [1.165, 1.54) is 30.3 Å². The van der Waals surface area contributed by atoms with Crippen molar-refractivity contribution in [3.8, 4) is 10.4 Å². The quantitative estimate of drug-likeness (QED) is 0.434. The Labute approximate surface area is 162 Å². The van der Waals surface area contributed by atoms with E-state index in [9.17, 15) is 28.8 Å². The van der Waals surface area contributed by atoms with E-state index in [1.54, 1.807) is 6.92 Å². The predicted octanol–water partition coefficient (Wildman–Crippen LogP) is 5.22. The fourth-order valence-corrected chi connectivity index (χ4v) is 3.98. The Bertz CT molecular complexity index is 1040. The molecule has 0 atom stereocenters. The third-order valence-corrected chi connectivity index (χ3v) is 5.49. The second-order valence-electron chi connectivity index (χ2n) is 5.92. The van der Waals surface area contributed by atoms with E-state index in [2.05, 4.69) is 5.32 Å². The average molecular weight is 404 g/mol. The third-order valence-electron chi connectivity index (χ3n) is 4.19. The lowest BCUT2D eigenvalue weighted by Crippen LogP contribution is -2.07. The van der Waals surface area contributed by atoms with Gasteiger partial charge in [-0.3, -0.25) is 10.1 Å². The first-order chi connectivity index (χ1) is 13.3. The van der Waals surface area contributed by atoms with Crippen molar-refractivity contribution in [1.82, 2.24) is 0 Å². The number of nitrogens with zero attached hydrogens (tertiary/aromatic N) is 1. The number of halogens is 2. The Morgan fingerprint density at radius 3 is 2.32 bits per heavy atom. The highest BCUT2D eigenvalue weighted by Crippen LogP contribution is 2.40. The van der Waals surface area contributed by atoms with Crippen LogP contribution in [-0.2, 0) is 6.54 Å². The number of carboxylic acids is 1. The van der Waals surface area contributed by atoms with Crippen LogP contribution < -0.4 is 5.32 Å². The maximum atomic E-state index is 13.8. The topological polar surface area (TPSA) is 92.5 Å². The van der Waals surface area contributed by atoms with Gasteiger partial charge in [-0.2, -0.15) is 0 Å². The number of carbonyl (C=O) groups is 1. The van der Waals surface area contributed by atoms with Gasteiger partial charge >= 0.3 is 5.97 Å². The van der Waals surface area contributed by atoms with E-state index in [0.29, 0.717) is 16.0 Å². The first-order valence-corrected chi connectivity index (χ1v) is 8.89. The summed E-state index contributed by atoms with van der Waals surface area (Å²) < 4.78 is 27.6. The van der Waals surface area contributed by atoms with Gasteiger partial charge in [0, 0.05) is 29.1 Å². The molecule has 0 amide bonds. The second kappa shape index (κ2) is 7.73. The van der Waals surface area contributed by atoms with Crippen LogP contribution in [0.15, 0.2) is 42.5 Å². The van der Waals surface area contributed by atoms with Crippen LogP contribution in [0.3, 0.4) is 0 Å². The number of benzene rings is 2. The zero-order valence-corrected chi connectivity index (χ0v) is 15.3. The normalized spacial score (nSPS) is 10.7. The van der Waals surface area contributed by atoms with Crippen LogP contribution >= 0.6 is 11.3 Å². The third kappa shape index (κ3) is 3.70. The SMILES string of the molecule is Cc1c(-c2ccc([N+](=O)[O-])cc2)sc(NCc2c(F)cccc2F)c1C(=O)O. The molecule has 6 nitrogen and oxygen atoms in total. The summed E-state index contributed by atoms with van der Waals surface area (Å²) in [7, 11) is 0. The van der Waals surface area contributed by atoms with Gasteiger partial charge in [0.1, 0.15) is 16.6 Å². The van der Waals surface area contributed by atoms with E-state index in [4.69, 9.17) is 0 Å². The van der Waals surface area contributed by atoms with Gasteiger partial charge in [-0.05, 0) is 42.3 Å². The van der Waals surface area contributed by atoms with Crippen molar-refractivity contribution < 1.29 is 23.6 Å². The standard InChI is InChI=1S/C19H14F2N2O4S/c1-10-16(19(24)25)18(22-9-13-14(20)3-2-4-15(13)21)28-17(10)11-5-7-12(8-6-11)23(26)27/h2-8,22H,9H2,1H3,(H,24,25). The number of rotatable bonds is 6. The lowest BCUT2D eigenvalue weighted by molar-refractivity contribution is -0.384. The molecule has 0 unspecified atom stereocenters. The number of carboxylic acid groups (broad SMARTS) is 1. The Hall–Kier alpha value is -3.33. The molecular formula is C19H14F2N2O4S. The summed E-state index contributed by atoms with van der Waals surface area (Å²) in [6.45, 7) is 1.39. The number of non-ortho nitro benzene ring substituents is 1. The zero-order chi connectivity index (χ0) is 20.4. The van der Waals surface area contributed by atoms with Crippen molar-refractivity contribution >= 4 is 28.0 Å². The van der Waals surface area contributed by atoms with Gasteiger partial charge in [0.15, 0.2) is 0 Å². The first-order valence-electron chi connectivity index (χ1n) is 8.08. The van der Waals surface area contributed by atoms with Gasteiger partial charge in [0.2, 0.25) is 0 Å². The van der Waals surface area contributed by atoms with Crippen LogP contribution in [0.1, 0.15) is 21.5 Å². The Morgan fingerprint density at radius 2 is 1.79 bits per heavy atom. The molecule has 0 radical (unpaired) electrons. The molecule has 1 heterocycles. The number of nitro groups is 1. The summed E-state index contributed by atoms with van der Waals surface area (Å²) >= 11 is 1.11. The minimum atomic E-state index is -1.18. The van der Waals surface area contributed by atoms with Crippen LogP contribution in [0, 0.1) is 28.7 Å². The number of nitrogens with one attached hydrogen (secondary N) is 1. The van der Waals surface area contributed by atoms with Gasteiger partial charge in [0.25, 0.3) is 5.69 Å². The smallest absolute Gasteiger partial charge is 0.338 e. The minimum Gasteiger partial charge on any atom is -0.478 e. The van der Waals surface area contributed by atoms with E-state index in [0.717, 1.165) is 23.5 Å². The average Bonchev–Trinajstić information content (AvgIpc) is 2.98. The molecule has 3 aromatic rings. The highest BCUT2D eigenvalue weighted by Gasteiger charge is 2.22. The lowest BCUT2D eigenvalue weighted by atomic mass is 10.1. The Kier molecular flexibility index (Phi) is 5.36. The molecule has 0 aliphatic rings. The van der Waals surface area contributed by atoms with Gasteiger partial charge in [0.05, 0.1) is 10.5 Å². The maximum absolute atomic E-state index is 13.8. The summed E-state index contributed by atoms with van der Waals surface area (Å²) in [5.74, 6) is -2.64. The van der Waals surface area contributed by atoms with Gasteiger partial charge in [-0.25, -0.2) is 13.6 Å². The summed E-state index contributed by atoms with van der Waals surface area (Å²) in [5, 5.41) is 23.4. The zero-order valence-electron chi connectivity index (χ0n) is 14.5. The monoisotopic (exact) mass is 404 g/mol. The van der Waals surface area contributed by atoms with Crippen molar-refractivity contribution in [2.24, 2.45) is 0 Å². The molecule has 1 aromatic heterocycles. The molecule has 0 aliphatic carbocycles. The molecule has 9 heteroatoms. The molecule has 2 N–H and O–H groups in total. The Balaban J connectivity index is 1.97. The van der Waals surface area contributed by atoms with E-state index >= 15 is 0 Å².